The van der Waals surface area contributed by atoms with Crippen LogP contribution in [-0.4, -0.2) is 48.8 Å². The van der Waals surface area contributed by atoms with Crippen LogP contribution in [0.15, 0.2) is 0 Å². The topological polar surface area (TPSA) is 49.8 Å². The van der Waals surface area contributed by atoms with Gasteiger partial charge in [-0.2, -0.15) is 0 Å². The zero-order valence-electron chi connectivity index (χ0n) is 12.3. The first-order valence-corrected chi connectivity index (χ1v) is 6.70. The number of aliphatic carboxylic acids is 1. The van der Waals surface area contributed by atoms with Crippen LogP contribution in [0.25, 0.3) is 0 Å². The molecule has 0 saturated carbocycles. The molecule has 1 N–H and O–H groups in total. The lowest BCUT2D eigenvalue weighted by atomic mass is 9.80. The lowest BCUT2D eigenvalue weighted by Crippen LogP contribution is -2.51. The van der Waals surface area contributed by atoms with E-state index in [1.165, 1.54) is 0 Å². The standard InChI is InChI=1S/C14H27NO3/c1-11(13(2,3)4)15(5)9-14(12(16)17)7-6-8-18-10-14/h11H,6-10H2,1-5H3,(H,16,17). The molecule has 1 rings (SSSR count). The number of nitrogens with zero attached hydrogens (tertiary/aromatic N) is 1. The van der Waals surface area contributed by atoms with Gasteiger partial charge in [-0.05, 0) is 32.2 Å². The van der Waals surface area contributed by atoms with Crippen LogP contribution in [0.5, 0.6) is 0 Å². The van der Waals surface area contributed by atoms with E-state index in [-0.39, 0.29) is 5.41 Å². The van der Waals surface area contributed by atoms with Gasteiger partial charge in [0.05, 0.1) is 6.61 Å². The summed E-state index contributed by atoms with van der Waals surface area (Å²) in [6.07, 6.45) is 1.55. The van der Waals surface area contributed by atoms with Crippen molar-refractivity contribution >= 4 is 5.97 Å². The zero-order chi connectivity index (χ0) is 14.0. The summed E-state index contributed by atoms with van der Waals surface area (Å²) in [6.45, 7) is 10.3. The molecule has 1 fully saturated rings. The summed E-state index contributed by atoms with van der Waals surface area (Å²) in [7, 11) is 2.01. The molecule has 0 aromatic rings. The Morgan fingerprint density at radius 1 is 1.50 bits per heavy atom. The Bertz CT molecular complexity index is 290. The highest BCUT2D eigenvalue weighted by atomic mass is 16.5. The SMILES string of the molecule is CC(N(C)CC1(C(=O)O)CCCOC1)C(C)(C)C. The number of hydrogen-bond donors (Lipinski definition) is 1. The summed E-state index contributed by atoms with van der Waals surface area (Å²) in [4.78, 5) is 13.7. The third-order valence-electron chi connectivity index (χ3n) is 4.24. The van der Waals surface area contributed by atoms with E-state index in [1.54, 1.807) is 0 Å². The molecule has 1 aliphatic rings. The van der Waals surface area contributed by atoms with Crippen LogP contribution >= 0.6 is 0 Å². The molecule has 1 heterocycles. The first-order chi connectivity index (χ1) is 8.19. The number of hydrogen-bond acceptors (Lipinski definition) is 3. The Balaban J connectivity index is 2.75. The molecule has 1 saturated heterocycles. The maximum absolute atomic E-state index is 11.6. The molecule has 18 heavy (non-hydrogen) atoms. The van der Waals surface area contributed by atoms with E-state index in [2.05, 4.69) is 32.6 Å². The Hall–Kier alpha value is -0.610. The number of carboxylic acids is 1. The Kier molecular flexibility index (Phi) is 4.78. The van der Waals surface area contributed by atoms with Crippen molar-refractivity contribution in [2.75, 3.05) is 26.8 Å². The molecule has 0 spiro atoms. The summed E-state index contributed by atoms with van der Waals surface area (Å²) >= 11 is 0. The van der Waals surface area contributed by atoms with Crippen molar-refractivity contribution in [3.63, 3.8) is 0 Å². The average molecular weight is 257 g/mol. The van der Waals surface area contributed by atoms with Gasteiger partial charge in [-0.1, -0.05) is 20.8 Å². The van der Waals surface area contributed by atoms with Crippen molar-refractivity contribution in [3.05, 3.63) is 0 Å². The fourth-order valence-corrected chi connectivity index (χ4v) is 2.49. The van der Waals surface area contributed by atoms with Gasteiger partial charge in [0, 0.05) is 19.2 Å². The summed E-state index contributed by atoms with van der Waals surface area (Å²) in [5.41, 5.74) is -0.587. The van der Waals surface area contributed by atoms with Crippen molar-refractivity contribution in [2.45, 2.75) is 46.6 Å². The molecule has 0 aliphatic carbocycles. The van der Waals surface area contributed by atoms with Gasteiger partial charge in [0.2, 0.25) is 0 Å². The number of ether oxygens (including phenoxy) is 1. The predicted molar refractivity (Wildman–Crippen MR) is 71.7 cm³/mol. The van der Waals surface area contributed by atoms with Crippen LogP contribution < -0.4 is 0 Å². The van der Waals surface area contributed by atoms with E-state index >= 15 is 0 Å². The fourth-order valence-electron chi connectivity index (χ4n) is 2.49. The van der Waals surface area contributed by atoms with E-state index in [0.29, 0.717) is 32.2 Å². The minimum absolute atomic E-state index is 0.143. The van der Waals surface area contributed by atoms with Crippen LogP contribution in [-0.2, 0) is 9.53 Å². The monoisotopic (exact) mass is 257 g/mol. The predicted octanol–water partition coefficient (Wildman–Crippen LogP) is 2.23. The number of carboxylic acid groups (broad SMARTS) is 1. The molecule has 2 atom stereocenters. The fraction of sp³-hybridized carbons (Fsp3) is 0.929. The van der Waals surface area contributed by atoms with E-state index < -0.39 is 11.4 Å². The van der Waals surface area contributed by atoms with Crippen LogP contribution in [0.3, 0.4) is 0 Å². The van der Waals surface area contributed by atoms with Gasteiger partial charge in [-0.3, -0.25) is 4.79 Å². The highest BCUT2D eigenvalue weighted by molar-refractivity contribution is 5.75. The van der Waals surface area contributed by atoms with Crippen molar-refractivity contribution in [3.8, 4) is 0 Å². The smallest absolute Gasteiger partial charge is 0.313 e. The van der Waals surface area contributed by atoms with Crippen LogP contribution in [0, 0.1) is 10.8 Å². The summed E-state index contributed by atoms with van der Waals surface area (Å²) < 4.78 is 5.41. The van der Waals surface area contributed by atoms with Crippen LogP contribution in [0.2, 0.25) is 0 Å². The van der Waals surface area contributed by atoms with Gasteiger partial charge >= 0.3 is 5.97 Å². The van der Waals surface area contributed by atoms with E-state index in [9.17, 15) is 9.90 Å². The molecule has 4 nitrogen and oxygen atoms in total. The number of rotatable bonds is 4. The van der Waals surface area contributed by atoms with Crippen molar-refractivity contribution in [1.82, 2.24) is 4.90 Å². The molecule has 4 heteroatoms. The third kappa shape index (κ3) is 3.45. The summed E-state index contributed by atoms with van der Waals surface area (Å²) in [5, 5.41) is 9.52. The highest BCUT2D eigenvalue weighted by Crippen LogP contribution is 2.32. The minimum atomic E-state index is -0.730. The molecule has 0 amide bonds. The molecular formula is C14H27NO3. The van der Waals surface area contributed by atoms with E-state index in [0.717, 1.165) is 6.42 Å². The molecular weight excluding hydrogens is 230 g/mol. The average Bonchev–Trinajstić information content (AvgIpc) is 2.27. The maximum Gasteiger partial charge on any atom is 0.313 e. The Morgan fingerprint density at radius 2 is 2.11 bits per heavy atom. The Morgan fingerprint density at radius 3 is 2.50 bits per heavy atom. The van der Waals surface area contributed by atoms with Gasteiger partial charge in [0.25, 0.3) is 0 Å². The molecule has 0 aromatic carbocycles. The van der Waals surface area contributed by atoms with Crippen LogP contribution in [0.1, 0.15) is 40.5 Å². The molecule has 1 aliphatic heterocycles. The molecule has 106 valence electrons. The summed E-state index contributed by atoms with van der Waals surface area (Å²) in [6, 6.07) is 0.329. The van der Waals surface area contributed by atoms with Gasteiger partial charge in [0.1, 0.15) is 5.41 Å². The molecule has 0 aromatic heterocycles. The minimum Gasteiger partial charge on any atom is -0.481 e. The Labute approximate surface area is 110 Å². The van der Waals surface area contributed by atoms with Gasteiger partial charge in [-0.15, -0.1) is 0 Å². The van der Waals surface area contributed by atoms with Gasteiger partial charge < -0.3 is 14.7 Å². The van der Waals surface area contributed by atoms with E-state index in [1.807, 2.05) is 7.05 Å². The lowest BCUT2D eigenvalue weighted by Gasteiger charge is -2.41. The first kappa shape index (κ1) is 15.4. The van der Waals surface area contributed by atoms with Crippen molar-refractivity contribution in [2.24, 2.45) is 10.8 Å². The molecule has 2 unspecified atom stereocenters. The highest BCUT2D eigenvalue weighted by Gasteiger charge is 2.42. The van der Waals surface area contributed by atoms with Gasteiger partial charge in [0.15, 0.2) is 0 Å². The quantitative estimate of drug-likeness (QED) is 0.839. The van der Waals surface area contributed by atoms with Gasteiger partial charge in [-0.25, -0.2) is 0 Å². The van der Waals surface area contributed by atoms with Crippen molar-refractivity contribution < 1.29 is 14.6 Å². The maximum atomic E-state index is 11.6. The lowest BCUT2D eigenvalue weighted by molar-refractivity contribution is -0.160. The summed E-state index contributed by atoms with van der Waals surface area (Å²) in [5.74, 6) is -0.727. The third-order valence-corrected chi connectivity index (χ3v) is 4.24. The second-order valence-electron chi connectivity index (χ2n) is 6.70. The van der Waals surface area contributed by atoms with E-state index in [4.69, 9.17) is 4.74 Å². The number of carbonyl (C=O) groups is 1. The second kappa shape index (κ2) is 5.57. The normalized spacial score (nSPS) is 27.2. The first-order valence-electron chi connectivity index (χ1n) is 6.70. The van der Waals surface area contributed by atoms with Crippen LogP contribution in [0.4, 0.5) is 0 Å². The zero-order valence-corrected chi connectivity index (χ0v) is 12.3. The van der Waals surface area contributed by atoms with Crippen molar-refractivity contribution in [1.29, 1.82) is 0 Å². The molecule has 0 radical (unpaired) electrons. The molecule has 0 bridgehead atoms. The second-order valence-corrected chi connectivity index (χ2v) is 6.70. The largest absolute Gasteiger partial charge is 0.481 e.